The second kappa shape index (κ2) is 4.85. The van der Waals surface area contributed by atoms with E-state index in [1.165, 1.54) is 18.3 Å². The molecule has 1 aromatic carbocycles. The topological polar surface area (TPSA) is 54.9 Å². The van der Waals surface area contributed by atoms with E-state index in [9.17, 15) is 4.79 Å². The molecule has 82 valence electrons. The van der Waals surface area contributed by atoms with Crippen LogP contribution in [0.25, 0.3) is 10.6 Å². The Hall–Kier alpha value is -1.75. The lowest BCUT2D eigenvalue weighted by molar-refractivity contribution is -0.119. The van der Waals surface area contributed by atoms with Gasteiger partial charge in [-0.1, -0.05) is 41.7 Å². The Morgan fingerprint density at radius 3 is 2.75 bits per heavy atom. The van der Waals surface area contributed by atoms with Gasteiger partial charge in [-0.3, -0.25) is 4.79 Å². The van der Waals surface area contributed by atoms with Gasteiger partial charge in [0.2, 0.25) is 5.91 Å². The van der Waals surface area contributed by atoms with Crippen LogP contribution in [0.1, 0.15) is 11.9 Å². The minimum Gasteiger partial charge on any atom is -0.350 e. The Kier molecular flexibility index (Phi) is 3.26. The average Bonchev–Trinajstić information content (AvgIpc) is 2.76. The highest BCUT2D eigenvalue weighted by atomic mass is 32.1. The van der Waals surface area contributed by atoms with Crippen molar-refractivity contribution in [2.45, 2.75) is 13.5 Å². The molecule has 2 aromatic rings. The van der Waals surface area contributed by atoms with Gasteiger partial charge >= 0.3 is 0 Å². The van der Waals surface area contributed by atoms with Crippen LogP contribution < -0.4 is 5.32 Å². The van der Waals surface area contributed by atoms with Crippen molar-refractivity contribution in [3.8, 4) is 10.6 Å². The fourth-order valence-electron chi connectivity index (χ4n) is 1.22. The van der Waals surface area contributed by atoms with E-state index in [1.807, 2.05) is 30.3 Å². The van der Waals surface area contributed by atoms with E-state index in [-0.39, 0.29) is 5.91 Å². The van der Waals surface area contributed by atoms with E-state index < -0.39 is 0 Å². The molecule has 0 atom stereocenters. The molecular formula is C11H11N3OS. The molecule has 5 heteroatoms. The van der Waals surface area contributed by atoms with Gasteiger partial charge in [-0.05, 0) is 0 Å². The van der Waals surface area contributed by atoms with E-state index in [0.29, 0.717) is 6.54 Å². The molecule has 0 aliphatic carbocycles. The van der Waals surface area contributed by atoms with Crippen LogP contribution in [0.2, 0.25) is 0 Å². The molecule has 0 unspecified atom stereocenters. The van der Waals surface area contributed by atoms with E-state index in [0.717, 1.165) is 15.6 Å². The van der Waals surface area contributed by atoms with Gasteiger partial charge < -0.3 is 5.32 Å². The first-order valence-corrected chi connectivity index (χ1v) is 5.69. The van der Waals surface area contributed by atoms with Gasteiger partial charge in [0.15, 0.2) is 0 Å². The highest BCUT2D eigenvalue weighted by molar-refractivity contribution is 7.14. The van der Waals surface area contributed by atoms with Crippen LogP contribution in [0.4, 0.5) is 0 Å². The van der Waals surface area contributed by atoms with Crippen LogP contribution in [0.15, 0.2) is 30.3 Å². The molecule has 0 saturated heterocycles. The van der Waals surface area contributed by atoms with Crippen molar-refractivity contribution in [2.75, 3.05) is 0 Å². The first kappa shape index (κ1) is 10.8. The van der Waals surface area contributed by atoms with Crippen LogP contribution >= 0.6 is 11.3 Å². The second-order valence-corrected chi connectivity index (χ2v) is 4.34. The molecule has 1 heterocycles. The van der Waals surface area contributed by atoms with Gasteiger partial charge in [0, 0.05) is 12.5 Å². The number of amides is 1. The number of nitrogens with one attached hydrogen (secondary N) is 1. The molecule has 16 heavy (non-hydrogen) atoms. The van der Waals surface area contributed by atoms with E-state index in [2.05, 4.69) is 15.5 Å². The zero-order valence-electron chi connectivity index (χ0n) is 8.80. The number of aromatic nitrogens is 2. The van der Waals surface area contributed by atoms with E-state index in [1.54, 1.807) is 0 Å². The van der Waals surface area contributed by atoms with Crippen LogP contribution in [-0.2, 0) is 11.3 Å². The predicted octanol–water partition coefficient (Wildman–Crippen LogP) is 1.84. The molecule has 2 rings (SSSR count). The minimum atomic E-state index is -0.0588. The number of carbonyl (C=O) groups is 1. The lowest BCUT2D eigenvalue weighted by Crippen LogP contribution is -2.18. The number of carbonyl (C=O) groups excluding carboxylic acids is 1. The number of rotatable bonds is 3. The SMILES string of the molecule is CC(=O)NCc1nnc(-c2ccccc2)s1. The molecule has 4 nitrogen and oxygen atoms in total. The van der Waals surface area contributed by atoms with Gasteiger partial charge in [0.1, 0.15) is 10.0 Å². The molecule has 0 aliphatic heterocycles. The molecule has 0 spiro atoms. The summed E-state index contributed by atoms with van der Waals surface area (Å²) in [4.78, 5) is 10.7. The summed E-state index contributed by atoms with van der Waals surface area (Å²) in [7, 11) is 0. The normalized spacial score (nSPS) is 10.1. The van der Waals surface area contributed by atoms with Gasteiger partial charge in [-0.25, -0.2) is 0 Å². The molecule has 0 fully saturated rings. The number of benzene rings is 1. The Bertz CT molecular complexity index is 481. The lowest BCUT2D eigenvalue weighted by Gasteiger charge is -1.95. The number of nitrogens with zero attached hydrogens (tertiary/aromatic N) is 2. The molecule has 1 N–H and O–H groups in total. The van der Waals surface area contributed by atoms with Crippen molar-refractivity contribution < 1.29 is 4.79 Å². The van der Waals surface area contributed by atoms with Crippen molar-refractivity contribution in [3.05, 3.63) is 35.3 Å². The van der Waals surface area contributed by atoms with Crippen molar-refractivity contribution in [1.82, 2.24) is 15.5 Å². The Labute approximate surface area is 97.3 Å². The van der Waals surface area contributed by atoms with Crippen LogP contribution in [0.3, 0.4) is 0 Å². The first-order chi connectivity index (χ1) is 7.75. The summed E-state index contributed by atoms with van der Waals surface area (Å²) < 4.78 is 0. The summed E-state index contributed by atoms with van der Waals surface area (Å²) in [6.07, 6.45) is 0. The maximum Gasteiger partial charge on any atom is 0.217 e. The van der Waals surface area contributed by atoms with Crippen LogP contribution in [-0.4, -0.2) is 16.1 Å². The highest BCUT2D eigenvalue weighted by Crippen LogP contribution is 2.22. The summed E-state index contributed by atoms with van der Waals surface area (Å²) in [5.74, 6) is -0.0588. The fraction of sp³-hybridized carbons (Fsp3) is 0.182. The van der Waals surface area contributed by atoms with Crippen molar-refractivity contribution in [1.29, 1.82) is 0 Å². The lowest BCUT2D eigenvalue weighted by atomic mass is 10.2. The molecule has 0 radical (unpaired) electrons. The van der Waals surface area contributed by atoms with Gasteiger partial charge in [0.05, 0.1) is 6.54 Å². The van der Waals surface area contributed by atoms with Gasteiger partial charge in [-0.15, -0.1) is 10.2 Å². The molecule has 0 saturated carbocycles. The van der Waals surface area contributed by atoms with E-state index >= 15 is 0 Å². The monoisotopic (exact) mass is 233 g/mol. The summed E-state index contributed by atoms with van der Waals surface area (Å²) in [5.41, 5.74) is 1.05. The summed E-state index contributed by atoms with van der Waals surface area (Å²) in [6, 6.07) is 9.86. The molecule has 1 aromatic heterocycles. The van der Waals surface area contributed by atoms with Crippen LogP contribution in [0.5, 0.6) is 0 Å². The number of hydrogen-bond donors (Lipinski definition) is 1. The maximum absolute atomic E-state index is 10.7. The van der Waals surface area contributed by atoms with Crippen LogP contribution in [0, 0.1) is 0 Å². The second-order valence-electron chi connectivity index (χ2n) is 3.28. The summed E-state index contributed by atoms with van der Waals surface area (Å²) in [5, 5.41) is 12.5. The molecule has 1 amide bonds. The minimum absolute atomic E-state index is 0.0588. The third-order valence-corrected chi connectivity index (χ3v) is 2.95. The third-order valence-electron chi connectivity index (χ3n) is 1.98. The first-order valence-electron chi connectivity index (χ1n) is 4.88. The quantitative estimate of drug-likeness (QED) is 0.880. The molecule has 0 bridgehead atoms. The third kappa shape index (κ3) is 2.64. The maximum atomic E-state index is 10.7. The summed E-state index contributed by atoms with van der Waals surface area (Å²) >= 11 is 1.49. The largest absolute Gasteiger partial charge is 0.350 e. The molecular weight excluding hydrogens is 222 g/mol. The van der Waals surface area contributed by atoms with Crippen molar-refractivity contribution >= 4 is 17.2 Å². The zero-order valence-corrected chi connectivity index (χ0v) is 9.62. The predicted molar refractivity (Wildman–Crippen MR) is 62.9 cm³/mol. The fourth-order valence-corrected chi connectivity index (χ4v) is 2.01. The Morgan fingerprint density at radius 1 is 1.31 bits per heavy atom. The van der Waals surface area contributed by atoms with Crippen molar-refractivity contribution in [2.24, 2.45) is 0 Å². The van der Waals surface area contributed by atoms with Gasteiger partial charge in [0.25, 0.3) is 0 Å². The smallest absolute Gasteiger partial charge is 0.217 e. The number of hydrogen-bond acceptors (Lipinski definition) is 4. The highest BCUT2D eigenvalue weighted by Gasteiger charge is 2.05. The van der Waals surface area contributed by atoms with E-state index in [4.69, 9.17) is 0 Å². The average molecular weight is 233 g/mol. The Balaban J connectivity index is 2.11. The van der Waals surface area contributed by atoms with Gasteiger partial charge in [-0.2, -0.15) is 0 Å². The summed E-state index contributed by atoms with van der Waals surface area (Å²) in [6.45, 7) is 1.93. The zero-order chi connectivity index (χ0) is 11.4. The van der Waals surface area contributed by atoms with Crippen molar-refractivity contribution in [3.63, 3.8) is 0 Å². The Morgan fingerprint density at radius 2 is 2.06 bits per heavy atom. The molecule has 0 aliphatic rings. The standard InChI is InChI=1S/C11H11N3OS/c1-8(15)12-7-10-13-14-11(16-10)9-5-3-2-4-6-9/h2-6H,7H2,1H3,(H,12,15).